The Balaban J connectivity index is 1.49. The van der Waals surface area contributed by atoms with E-state index in [2.05, 4.69) is 16.0 Å². The van der Waals surface area contributed by atoms with Crippen LogP contribution in [0.25, 0.3) is 10.8 Å². The third-order valence-electron chi connectivity index (χ3n) is 5.34. The Hall–Kier alpha value is -2.72. The summed E-state index contributed by atoms with van der Waals surface area (Å²) in [6, 6.07) is 16.0. The zero-order valence-corrected chi connectivity index (χ0v) is 15.6. The summed E-state index contributed by atoms with van der Waals surface area (Å²) in [5, 5.41) is 2.16. The first-order chi connectivity index (χ1) is 13.2. The molecule has 4 heteroatoms. The Morgan fingerprint density at radius 3 is 2.85 bits per heavy atom. The van der Waals surface area contributed by atoms with Crippen LogP contribution in [0.3, 0.4) is 0 Å². The Morgan fingerprint density at radius 1 is 1.19 bits per heavy atom. The van der Waals surface area contributed by atoms with E-state index in [-0.39, 0.29) is 11.7 Å². The molecule has 3 aromatic rings. The summed E-state index contributed by atoms with van der Waals surface area (Å²) in [7, 11) is 1.67. The first kappa shape index (κ1) is 17.7. The molecule has 1 aromatic heterocycles. The molecular formula is C23H24N2O2. The van der Waals surface area contributed by atoms with E-state index < -0.39 is 0 Å². The maximum atomic E-state index is 13.1. The fraction of sp³-hybridized carbons (Fsp3) is 0.304. The summed E-state index contributed by atoms with van der Waals surface area (Å²) in [5.74, 6) is 1.15. The van der Waals surface area contributed by atoms with Gasteiger partial charge in [0.25, 0.3) is 0 Å². The number of hydrogen-bond acceptors (Lipinski definition) is 4. The van der Waals surface area contributed by atoms with Crippen LogP contribution in [-0.2, 0) is 6.54 Å². The smallest absolute Gasteiger partial charge is 0.167 e. The number of ketones is 1. The second kappa shape index (κ2) is 7.89. The normalized spacial score (nSPS) is 17.7. The summed E-state index contributed by atoms with van der Waals surface area (Å²) >= 11 is 0. The molecular weight excluding hydrogens is 336 g/mol. The van der Waals surface area contributed by atoms with Crippen molar-refractivity contribution < 1.29 is 9.53 Å². The minimum Gasteiger partial charge on any atom is -0.497 e. The summed E-state index contributed by atoms with van der Waals surface area (Å²) in [6.45, 7) is 2.71. The van der Waals surface area contributed by atoms with Crippen LogP contribution in [0.5, 0.6) is 5.75 Å². The number of piperidine rings is 1. The summed E-state index contributed by atoms with van der Waals surface area (Å²) in [4.78, 5) is 19.7. The van der Waals surface area contributed by atoms with Crippen LogP contribution >= 0.6 is 0 Å². The first-order valence-electron chi connectivity index (χ1n) is 9.46. The molecule has 0 N–H and O–H groups in total. The minimum absolute atomic E-state index is 0.0612. The maximum Gasteiger partial charge on any atom is 0.167 e. The van der Waals surface area contributed by atoms with Gasteiger partial charge in [0.15, 0.2) is 5.78 Å². The Labute approximate surface area is 159 Å². The second-order valence-electron chi connectivity index (χ2n) is 7.23. The lowest BCUT2D eigenvalue weighted by molar-refractivity contribution is 0.0811. The van der Waals surface area contributed by atoms with Gasteiger partial charge in [-0.2, -0.15) is 0 Å². The van der Waals surface area contributed by atoms with Gasteiger partial charge in [-0.1, -0.05) is 24.3 Å². The van der Waals surface area contributed by atoms with Crippen molar-refractivity contribution in [3.8, 4) is 5.75 Å². The highest BCUT2D eigenvalue weighted by atomic mass is 16.5. The molecule has 0 amide bonds. The molecule has 0 unspecified atom stereocenters. The lowest BCUT2D eigenvalue weighted by Gasteiger charge is -2.32. The average Bonchev–Trinajstić information content (AvgIpc) is 2.73. The minimum atomic E-state index is 0.0612. The molecule has 0 bridgehead atoms. The van der Waals surface area contributed by atoms with E-state index in [1.165, 1.54) is 5.56 Å². The standard InChI is InChI=1S/C23H24N2O2/c1-27-22-9-8-18-12-20(7-6-19(18)13-22)23(26)21-5-3-11-25(16-21)15-17-4-2-10-24-14-17/h2,4,6-10,12-14,21H,3,5,11,15-16H2,1H3/t21-/m0/s1. The van der Waals surface area contributed by atoms with Gasteiger partial charge in [-0.05, 0) is 60.0 Å². The number of methoxy groups -OCH3 is 1. The summed E-state index contributed by atoms with van der Waals surface area (Å²) in [5.41, 5.74) is 2.01. The molecule has 0 saturated carbocycles. The quantitative estimate of drug-likeness (QED) is 0.635. The maximum absolute atomic E-state index is 13.1. The number of likely N-dealkylation sites (tertiary alicyclic amines) is 1. The van der Waals surface area contributed by atoms with Crippen LogP contribution < -0.4 is 4.74 Å². The van der Waals surface area contributed by atoms with Gasteiger partial charge in [-0.3, -0.25) is 14.7 Å². The van der Waals surface area contributed by atoms with Crippen molar-refractivity contribution in [2.45, 2.75) is 19.4 Å². The van der Waals surface area contributed by atoms with E-state index in [1.54, 1.807) is 13.3 Å². The Morgan fingerprint density at radius 2 is 2.04 bits per heavy atom. The van der Waals surface area contributed by atoms with Crippen LogP contribution in [0.2, 0.25) is 0 Å². The molecule has 2 aromatic carbocycles. The van der Waals surface area contributed by atoms with E-state index in [1.807, 2.05) is 48.7 Å². The van der Waals surface area contributed by atoms with Crippen LogP contribution in [0.1, 0.15) is 28.8 Å². The lowest BCUT2D eigenvalue weighted by atomic mass is 9.89. The van der Waals surface area contributed by atoms with Gasteiger partial charge in [0, 0.05) is 37.0 Å². The predicted octanol–water partition coefficient (Wildman–Crippen LogP) is 4.34. The van der Waals surface area contributed by atoms with Crippen molar-refractivity contribution in [3.05, 3.63) is 72.1 Å². The van der Waals surface area contributed by atoms with E-state index in [0.717, 1.165) is 54.6 Å². The van der Waals surface area contributed by atoms with Gasteiger partial charge in [-0.25, -0.2) is 0 Å². The number of nitrogens with zero attached hydrogens (tertiary/aromatic N) is 2. The van der Waals surface area contributed by atoms with Gasteiger partial charge < -0.3 is 4.74 Å². The molecule has 27 heavy (non-hydrogen) atoms. The highest BCUT2D eigenvalue weighted by Gasteiger charge is 2.26. The molecule has 138 valence electrons. The number of ether oxygens (including phenoxy) is 1. The van der Waals surface area contributed by atoms with Gasteiger partial charge in [0.1, 0.15) is 5.75 Å². The molecule has 1 atom stereocenters. The molecule has 0 aliphatic carbocycles. The van der Waals surface area contributed by atoms with Crippen LogP contribution in [-0.4, -0.2) is 35.9 Å². The Bertz CT molecular complexity index is 940. The van der Waals surface area contributed by atoms with E-state index >= 15 is 0 Å². The third-order valence-corrected chi connectivity index (χ3v) is 5.34. The number of pyridine rings is 1. The highest BCUT2D eigenvalue weighted by molar-refractivity contribution is 6.01. The van der Waals surface area contributed by atoms with Crippen LogP contribution in [0, 0.1) is 5.92 Å². The van der Waals surface area contributed by atoms with Gasteiger partial charge in [-0.15, -0.1) is 0 Å². The molecule has 2 heterocycles. The third kappa shape index (κ3) is 4.01. The summed E-state index contributed by atoms with van der Waals surface area (Å²) < 4.78 is 5.28. The topological polar surface area (TPSA) is 42.4 Å². The predicted molar refractivity (Wildman–Crippen MR) is 107 cm³/mol. The number of carbonyl (C=O) groups excluding carboxylic acids is 1. The zero-order valence-electron chi connectivity index (χ0n) is 15.6. The van der Waals surface area contributed by atoms with E-state index in [0.29, 0.717) is 0 Å². The molecule has 0 radical (unpaired) electrons. The average molecular weight is 360 g/mol. The molecule has 4 nitrogen and oxygen atoms in total. The van der Waals surface area contributed by atoms with Crippen molar-refractivity contribution in [2.24, 2.45) is 5.92 Å². The van der Waals surface area contributed by atoms with Gasteiger partial charge in [0.2, 0.25) is 0 Å². The zero-order chi connectivity index (χ0) is 18.6. The molecule has 1 fully saturated rings. The number of benzene rings is 2. The van der Waals surface area contributed by atoms with Crippen molar-refractivity contribution in [2.75, 3.05) is 20.2 Å². The van der Waals surface area contributed by atoms with Crippen molar-refractivity contribution in [1.29, 1.82) is 0 Å². The van der Waals surface area contributed by atoms with Crippen molar-refractivity contribution >= 4 is 16.6 Å². The van der Waals surface area contributed by atoms with Crippen LogP contribution in [0.4, 0.5) is 0 Å². The monoisotopic (exact) mass is 360 g/mol. The molecule has 0 spiro atoms. The summed E-state index contributed by atoms with van der Waals surface area (Å²) in [6.07, 6.45) is 5.72. The second-order valence-corrected chi connectivity index (χ2v) is 7.23. The number of hydrogen-bond donors (Lipinski definition) is 0. The fourth-order valence-electron chi connectivity index (χ4n) is 3.90. The molecule has 1 aliphatic rings. The molecule has 4 rings (SSSR count). The van der Waals surface area contributed by atoms with Crippen molar-refractivity contribution in [1.82, 2.24) is 9.88 Å². The van der Waals surface area contributed by atoms with E-state index in [4.69, 9.17) is 4.74 Å². The number of aromatic nitrogens is 1. The van der Waals surface area contributed by atoms with E-state index in [9.17, 15) is 4.79 Å². The van der Waals surface area contributed by atoms with Gasteiger partial charge >= 0.3 is 0 Å². The van der Waals surface area contributed by atoms with Crippen molar-refractivity contribution in [3.63, 3.8) is 0 Å². The number of fused-ring (bicyclic) bond motifs is 1. The Kier molecular flexibility index (Phi) is 5.16. The number of carbonyl (C=O) groups is 1. The molecule has 1 aliphatic heterocycles. The number of rotatable bonds is 5. The SMILES string of the molecule is COc1ccc2cc(C(=O)[C@H]3CCCN(Cc4cccnc4)C3)ccc2c1. The molecule has 1 saturated heterocycles. The largest absolute Gasteiger partial charge is 0.497 e. The number of Topliss-reactive ketones (excluding diaryl/α,β-unsaturated/α-hetero) is 1. The lowest BCUT2D eigenvalue weighted by Crippen LogP contribution is -2.38. The fourth-order valence-corrected chi connectivity index (χ4v) is 3.90. The highest BCUT2D eigenvalue weighted by Crippen LogP contribution is 2.26. The van der Waals surface area contributed by atoms with Crippen LogP contribution in [0.15, 0.2) is 60.9 Å². The first-order valence-corrected chi connectivity index (χ1v) is 9.46. The van der Waals surface area contributed by atoms with Gasteiger partial charge in [0.05, 0.1) is 7.11 Å².